The van der Waals surface area contributed by atoms with Gasteiger partial charge in [0.1, 0.15) is 11.6 Å². The second-order valence-electron chi connectivity index (χ2n) is 2.91. The van der Waals surface area contributed by atoms with Gasteiger partial charge in [-0.15, -0.1) is 0 Å². The second kappa shape index (κ2) is 3.19. The molecule has 0 aliphatic rings. The van der Waals surface area contributed by atoms with Crippen LogP contribution in [-0.4, -0.2) is 0 Å². The van der Waals surface area contributed by atoms with Crippen molar-refractivity contribution in [2.75, 3.05) is 0 Å². The third-order valence-electron chi connectivity index (χ3n) is 1.77. The summed E-state index contributed by atoms with van der Waals surface area (Å²) in [7, 11) is 0. The number of rotatable bonds is 1. The number of hydrogen-bond donors (Lipinski definition) is 1. The molecule has 0 saturated carbocycles. The van der Waals surface area contributed by atoms with E-state index >= 15 is 0 Å². The largest absolute Gasteiger partial charge is 0.324 e. The highest BCUT2D eigenvalue weighted by Crippen LogP contribution is 2.18. The van der Waals surface area contributed by atoms with Crippen LogP contribution in [0.4, 0.5) is 8.78 Å². The lowest BCUT2D eigenvalue weighted by atomic mass is 10.1. The highest BCUT2D eigenvalue weighted by atomic mass is 19.1. The number of halogens is 2. The SMILES string of the molecule is Cc1cc(F)c([C@@H](C)N)cc1F. The summed E-state index contributed by atoms with van der Waals surface area (Å²) in [6.07, 6.45) is 0. The molecule has 66 valence electrons. The third-order valence-corrected chi connectivity index (χ3v) is 1.77. The average Bonchev–Trinajstić information content (AvgIpc) is 1.96. The molecule has 0 aliphatic carbocycles. The summed E-state index contributed by atoms with van der Waals surface area (Å²) in [4.78, 5) is 0. The summed E-state index contributed by atoms with van der Waals surface area (Å²) in [6.45, 7) is 3.14. The molecule has 0 bridgehead atoms. The summed E-state index contributed by atoms with van der Waals surface area (Å²) in [5, 5.41) is 0. The van der Waals surface area contributed by atoms with E-state index in [2.05, 4.69) is 0 Å². The highest BCUT2D eigenvalue weighted by molar-refractivity contribution is 5.26. The molecular formula is C9H11F2N. The van der Waals surface area contributed by atoms with Crippen LogP contribution < -0.4 is 5.73 Å². The minimum atomic E-state index is -0.472. The first-order valence-electron chi connectivity index (χ1n) is 3.73. The predicted molar refractivity (Wildman–Crippen MR) is 43.7 cm³/mol. The van der Waals surface area contributed by atoms with Crippen LogP contribution in [0, 0.1) is 18.6 Å². The molecule has 0 saturated heterocycles. The lowest BCUT2D eigenvalue weighted by Crippen LogP contribution is -2.08. The molecular weight excluding hydrogens is 160 g/mol. The van der Waals surface area contributed by atoms with Gasteiger partial charge in [-0.2, -0.15) is 0 Å². The van der Waals surface area contributed by atoms with E-state index in [1.54, 1.807) is 6.92 Å². The minimum Gasteiger partial charge on any atom is -0.324 e. The second-order valence-corrected chi connectivity index (χ2v) is 2.91. The van der Waals surface area contributed by atoms with Gasteiger partial charge in [0.05, 0.1) is 0 Å². The van der Waals surface area contributed by atoms with Crippen LogP contribution in [0.2, 0.25) is 0 Å². The summed E-state index contributed by atoms with van der Waals surface area (Å²) < 4.78 is 25.9. The van der Waals surface area contributed by atoms with Gasteiger partial charge in [-0.05, 0) is 31.5 Å². The first-order chi connectivity index (χ1) is 5.52. The number of aryl methyl sites for hydroxylation is 1. The molecule has 12 heavy (non-hydrogen) atoms. The van der Waals surface area contributed by atoms with E-state index in [9.17, 15) is 8.78 Å². The van der Waals surface area contributed by atoms with Gasteiger partial charge in [-0.1, -0.05) is 0 Å². The fourth-order valence-electron chi connectivity index (χ4n) is 1.01. The molecule has 2 N–H and O–H groups in total. The Bertz CT molecular complexity index is 295. The van der Waals surface area contributed by atoms with E-state index in [0.717, 1.165) is 12.1 Å². The number of benzene rings is 1. The molecule has 0 unspecified atom stereocenters. The monoisotopic (exact) mass is 171 g/mol. The topological polar surface area (TPSA) is 26.0 Å². The lowest BCUT2D eigenvalue weighted by Gasteiger charge is -2.08. The standard InChI is InChI=1S/C9H11F2N/c1-5-3-9(11)7(6(2)12)4-8(5)10/h3-4,6H,12H2,1-2H3/t6-/m1/s1. The van der Waals surface area contributed by atoms with E-state index in [4.69, 9.17) is 5.73 Å². The molecule has 0 amide bonds. The lowest BCUT2D eigenvalue weighted by molar-refractivity contribution is 0.566. The zero-order valence-corrected chi connectivity index (χ0v) is 7.07. The van der Waals surface area contributed by atoms with Crippen molar-refractivity contribution in [2.24, 2.45) is 5.73 Å². The van der Waals surface area contributed by atoms with Crippen molar-refractivity contribution in [3.05, 3.63) is 34.9 Å². The fourth-order valence-corrected chi connectivity index (χ4v) is 1.01. The molecule has 1 rings (SSSR count). The summed E-state index contributed by atoms with van der Waals surface area (Å²) >= 11 is 0. The van der Waals surface area contributed by atoms with Crippen molar-refractivity contribution in [3.63, 3.8) is 0 Å². The molecule has 1 aromatic carbocycles. The first kappa shape index (κ1) is 9.13. The van der Waals surface area contributed by atoms with Gasteiger partial charge in [0.25, 0.3) is 0 Å². The Labute approximate surface area is 70.2 Å². The van der Waals surface area contributed by atoms with Gasteiger partial charge in [0.2, 0.25) is 0 Å². The van der Waals surface area contributed by atoms with E-state index in [1.807, 2.05) is 0 Å². The number of hydrogen-bond acceptors (Lipinski definition) is 1. The van der Waals surface area contributed by atoms with Crippen LogP contribution in [0.3, 0.4) is 0 Å². The summed E-state index contributed by atoms with van der Waals surface area (Å²) in [6, 6.07) is 1.84. The Hall–Kier alpha value is -0.960. The van der Waals surface area contributed by atoms with Crippen LogP contribution in [0.15, 0.2) is 12.1 Å². The van der Waals surface area contributed by atoms with Crippen LogP contribution in [0.1, 0.15) is 24.1 Å². The van der Waals surface area contributed by atoms with Crippen molar-refractivity contribution in [1.82, 2.24) is 0 Å². The van der Waals surface area contributed by atoms with Crippen molar-refractivity contribution in [1.29, 1.82) is 0 Å². The predicted octanol–water partition coefficient (Wildman–Crippen LogP) is 2.29. The van der Waals surface area contributed by atoms with E-state index in [0.29, 0.717) is 5.56 Å². The fraction of sp³-hybridized carbons (Fsp3) is 0.333. The smallest absolute Gasteiger partial charge is 0.128 e. The highest BCUT2D eigenvalue weighted by Gasteiger charge is 2.09. The molecule has 1 nitrogen and oxygen atoms in total. The van der Waals surface area contributed by atoms with Gasteiger partial charge in [0, 0.05) is 11.6 Å². The van der Waals surface area contributed by atoms with E-state index < -0.39 is 17.7 Å². The maximum Gasteiger partial charge on any atom is 0.128 e. The van der Waals surface area contributed by atoms with Crippen LogP contribution in [0.5, 0.6) is 0 Å². The molecule has 0 heterocycles. The Morgan fingerprint density at radius 1 is 1.25 bits per heavy atom. The van der Waals surface area contributed by atoms with Gasteiger partial charge in [-0.25, -0.2) is 8.78 Å². The summed E-state index contributed by atoms with van der Waals surface area (Å²) in [5.41, 5.74) is 5.95. The number of nitrogens with two attached hydrogens (primary N) is 1. The van der Waals surface area contributed by atoms with Crippen molar-refractivity contribution in [3.8, 4) is 0 Å². The Kier molecular flexibility index (Phi) is 2.43. The van der Waals surface area contributed by atoms with Gasteiger partial charge < -0.3 is 5.73 Å². The molecule has 0 fully saturated rings. The maximum atomic E-state index is 13.0. The average molecular weight is 171 g/mol. The van der Waals surface area contributed by atoms with Crippen molar-refractivity contribution >= 4 is 0 Å². The Balaban J connectivity index is 3.23. The van der Waals surface area contributed by atoms with Gasteiger partial charge >= 0.3 is 0 Å². The molecule has 0 spiro atoms. The molecule has 0 radical (unpaired) electrons. The molecule has 3 heteroatoms. The van der Waals surface area contributed by atoms with Crippen LogP contribution in [0.25, 0.3) is 0 Å². The Morgan fingerprint density at radius 3 is 2.33 bits per heavy atom. The quantitative estimate of drug-likeness (QED) is 0.689. The van der Waals surface area contributed by atoms with Gasteiger partial charge in [0.15, 0.2) is 0 Å². The van der Waals surface area contributed by atoms with Crippen molar-refractivity contribution in [2.45, 2.75) is 19.9 Å². The van der Waals surface area contributed by atoms with Gasteiger partial charge in [-0.3, -0.25) is 0 Å². The molecule has 0 aliphatic heterocycles. The zero-order chi connectivity index (χ0) is 9.30. The van der Waals surface area contributed by atoms with Crippen LogP contribution >= 0.6 is 0 Å². The normalized spacial score (nSPS) is 13.1. The van der Waals surface area contributed by atoms with E-state index in [1.165, 1.54) is 6.92 Å². The maximum absolute atomic E-state index is 13.0. The van der Waals surface area contributed by atoms with Crippen LogP contribution in [-0.2, 0) is 0 Å². The third kappa shape index (κ3) is 1.61. The molecule has 1 atom stereocenters. The molecule has 0 aromatic heterocycles. The van der Waals surface area contributed by atoms with E-state index in [-0.39, 0.29) is 5.56 Å². The molecule has 1 aromatic rings. The first-order valence-corrected chi connectivity index (χ1v) is 3.73. The van der Waals surface area contributed by atoms with Crippen molar-refractivity contribution < 1.29 is 8.78 Å². The zero-order valence-electron chi connectivity index (χ0n) is 7.07. The minimum absolute atomic E-state index is 0.220. The Morgan fingerprint density at radius 2 is 1.83 bits per heavy atom. The summed E-state index contributed by atoms with van der Waals surface area (Å²) in [5.74, 6) is -0.854.